The fourth-order valence-electron chi connectivity index (χ4n) is 2.74. The van der Waals surface area contributed by atoms with Crippen LogP contribution in [-0.2, 0) is 11.3 Å². The highest BCUT2D eigenvalue weighted by Gasteiger charge is 2.13. The number of halogens is 1. The zero-order valence-electron chi connectivity index (χ0n) is 14.4. The van der Waals surface area contributed by atoms with Gasteiger partial charge in [-0.25, -0.2) is 9.78 Å². The Morgan fingerprint density at radius 3 is 2.76 bits per heavy atom. The number of fused-ring (bicyclic) bond motifs is 1. The van der Waals surface area contributed by atoms with Crippen LogP contribution in [0.2, 0.25) is 5.02 Å². The standard InChI is InChI=1S/C19H19ClN2O2S/c1-4-24-19(23)13-6-8-17-18(9-13)22(12(2)21-17)11-14-5-7-15(25-3)10-16(14)20/h5-10H,4,11H2,1-3H3. The van der Waals surface area contributed by atoms with E-state index in [9.17, 15) is 4.79 Å². The summed E-state index contributed by atoms with van der Waals surface area (Å²) in [6.07, 6.45) is 2.02. The lowest BCUT2D eigenvalue weighted by molar-refractivity contribution is 0.0526. The van der Waals surface area contributed by atoms with E-state index in [1.54, 1.807) is 24.8 Å². The first-order chi connectivity index (χ1) is 12.0. The van der Waals surface area contributed by atoms with E-state index in [-0.39, 0.29) is 5.97 Å². The van der Waals surface area contributed by atoms with Gasteiger partial charge in [0.05, 0.1) is 29.7 Å². The smallest absolute Gasteiger partial charge is 0.338 e. The van der Waals surface area contributed by atoms with Gasteiger partial charge in [0.25, 0.3) is 0 Å². The Bertz CT molecular complexity index is 937. The van der Waals surface area contributed by atoms with Gasteiger partial charge in [0.15, 0.2) is 0 Å². The summed E-state index contributed by atoms with van der Waals surface area (Å²) in [4.78, 5) is 17.7. The van der Waals surface area contributed by atoms with Gasteiger partial charge in [-0.15, -0.1) is 11.8 Å². The van der Waals surface area contributed by atoms with Crippen molar-refractivity contribution >= 4 is 40.4 Å². The summed E-state index contributed by atoms with van der Waals surface area (Å²) in [7, 11) is 0. The predicted molar refractivity (Wildman–Crippen MR) is 103 cm³/mol. The second kappa shape index (κ2) is 7.50. The van der Waals surface area contributed by atoms with Crippen molar-refractivity contribution in [3.8, 4) is 0 Å². The minimum atomic E-state index is -0.322. The van der Waals surface area contributed by atoms with Gasteiger partial charge in [0.2, 0.25) is 0 Å². The van der Waals surface area contributed by atoms with Crippen LogP contribution in [0.3, 0.4) is 0 Å². The Balaban J connectivity index is 2.02. The van der Waals surface area contributed by atoms with Crippen LogP contribution in [0.1, 0.15) is 28.7 Å². The maximum Gasteiger partial charge on any atom is 0.338 e. The molecule has 0 radical (unpaired) electrons. The normalized spacial score (nSPS) is 11.0. The molecule has 25 heavy (non-hydrogen) atoms. The average Bonchev–Trinajstić information content (AvgIpc) is 2.91. The first kappa shape index (κ1) is 17.8. The van der Waals surface area contributed by atoms with Crippen molar-refractivity contribution in [2.45, 2.75) is 25.3 Å². The van der Waals surface area contributed by atoms with Crippen LogP contribution < -0.4 is 0 Å². The molecule has 0 aliphatic heterocycles. The number of aromatic nitrogens is 2. The zero-order chi connectivity index (χ0) is 18.0. The van der Waals surface area contributed by atoms with Crippen LogP contribution in [0.5, 0.6) is 0 Å². The molecular formula is C19H19ClN2O2S. The van der Waals surface area contributed by atoms with E-state index in [1.165, 1.54) is 0 Å². The summed E-state index contributed by atoms with van der Waals surface area (Å²) >= 11 is 8.09. The molecule has 6 heteroatoms. The number of benzene rings is 2. The lowest BCUT2D eigenvalue weighted by atomic mass is 10.2. The van der Waals surface area contributed by atoms with Crippen molar-refractivity contribution < 1.29 is 9.53 Å². The average molecular weight is 375 g/mol. The number of carbonyl (C=O) groups excluding carboxylic acids is 1. The Hall–Kier alpha value is -1.98. The van der Waals surface area contributed by atoms with E-state index >= 15 is 0 Å². The lowest BCUT2D eigenvalue weighted by Crippen LogP contribution is -2.06. The SMILES string of the molecule is CCOC(=O)c1ccc2nc(C)n(Cc3ccc(SC)cc3Cl)c2c1. The molecule has 0 spiro atoms. The fourth-order valence-corrected chi connectivity index (χ4v) is 3.48. The Morgan fingerprint density at radius 2 is 2.08 bits per heavy atom. The highest BCUT2D eigenvalue weighted by atomic mass is 35.5. The van der Waals surface area contributed by atoms with E-state index in [0.717, 1.165) is 32.3 Å². The number of hydrogen-bond donors (Lipinski definition) is 0. The second-order valence-electron chi connectivity index (χ2n) is 5.63. The first-order valence-electron chi connectivity index (χ1n) is 8.00. The molecule has 1 heterocycles. The van der Waals surface area contributed by atoms with Gasteiger partial charge in [-0.3, -0.25) is 0 Å². The van der Waals surface area contributed by atoms with Crippen molar-refractivity contribution in [3.63, 3.8) is 0 Å². The maximum atomic E-state index is 12.0. The number of rotatable bonds is 5. The summed E-state index contributed by atoms with van der Waals surface area (Å²) in [5, 5.41) is 0.731. The molecule has 0 amide bonds. The highest BCUT2D eigenvalue weighted by Crippen LogP contribution is 2.26. The van der Waals surface area contributed by atoms with Gasteiger partial charge >= 0.3 is 5.97 Å². The fraction of sp³-hybridized carbons (Fsp3) is 0.263. The predicted octanol–water partition coefficient (Wildman–Crippen LogP) is 4.95. The number of aryl methyl sites for hydroxylation is 1. The van der Waals surface area contributed by atoms with Gasteiger partial charge in [-0.05, 0) is 56.0 Å². The lowest BCUT2D eigenvalue weighted by Gasteiger charge is -2.10. The van der Waals surface area contributed by atoms with E-state index in [0.29, 0.717) is 18.7 Å². The van der Waals surface area contributed by atoms with Crippen LogP contribution in [0.25, 0.3) is 11.0 Å². The molecule has 130 valence electrons. The Kier molecular flexibility index (Phi) is 5.35. The van der Waals surface area contributed by atoms with E-state index in [1.807, 2.05) is 37.4 Å². The van der Waals surface area contributed by atoms with Crippen molar-refractivity contribution in [3.05, 3.63) is 58.4 Å². The molecule has 2 aromatic carbocycles. The molecule has 0 N–H and O–H groups in total. The van der Waals surface area contributed by atoms with Crippen LogP contribution in [0, 0.1) is 6.92 Å². The van der Waals surface area contributed by atoms with E-state index in [2.05, 4.69) is 15.6 Å². The number of carbonyl (C=O) groups is 1. The quantitative estimate of drug-likeness (QED) is 0.468. The third-order valence-electron chi connectivity index (χ3n) is 4.04. The number of nitrogens with zero attached hydrogens (tertiary/aromatic N) is 2. The summed E-state index contributed by atoms with van der Waals surface area (Å²) < 4.78 is 7.16. The Labute approximate surface area is 156 Å². The zero-order valence-corrected chi connectivity index (χ0v) is 15.9. The molecule has 1 aromatic heterocycles. The molecule has 0 fully saturated rings. The number of imidazole rings is 1. The van der Waals surface area contributed by atoms with Crippen molar-refractivity contribution in [1.82, 2.24) is 9.55 Å². The Morgan fingerprint density at radius 1 is 1.28 bits per heavy atom. The molecule has 0 aliphatic carbocycles. The first-order valence-corrected chi connectivity index (χ1v) is 9.60. The van der Waals surface area contributed by atoms with Gasteiger partial charge in [0.1, 0.15) is 5.82 Å². The summed E-state index contributed by atoms with van der Waals surface area (Å²) in [6, 6.07) is 11.5. The molecule has 0 aliphatic rings. The van der Waals surface area contributed by atoms with Crippen molar-refractivity contribution in [2.75, 3.05) is 12.9 Å². The highest BCUT2D eigenvalue weighted by molar-refractivity contribution is 7.98. The third-order valence-corrected chi connectivity index (χ3v) is 5.12. The van der Waals surface area contributed by atoms with Crippen LogP contribution in [0.15, 0.2) is 41.3 Å². The monoisotopic (exact) mass is 374 g/mol. The third kappa shape index (κ3) is 3.67. The minimum Gasteiger partial charge on any atom is -0.462 e. The van der Waals surface area contributed by atoms with Gasteiger partial charge in [0, 0.05) is 9.92 Å². The molecule has 0 saturated heterocycles. The summed E-state index contributed by atoms with van der Waals surface area (Å²) in [6.45, 7) is 4.70. The largest absolute Gasteiger partial charge is 0.462 e. The number of thioether (sulfide) groups is 1. The maximum absolute atomic E-state index is 12.0. The van der Waals surface area contributed by atoms with Gasteiger partial charge < -0.3 is 9.30 Å². The van der Waals surface area contributed by atoms with Crippen LogP contribution >= 0.6 is 23.4 Å². The van der Waals surface area contributed by atoms with E-state index < -0.39 is 0 Å². The molecule has 0 bridgehead atoms. The molecule has 0 saturated carbocycles. The molecule has 0 atom stereocenters. The molecule has 3 aromatic rings. The summed E-state index contributed by atoms with van der Waals surface area (Å²) in [5.74, 6) is 0.554. The van der Waals surface area contributed by atoms with Crippen LogP contribution in [0.4, 0.5) is 0 Å². The van der Waals surface area contributed by atoms with Gasteiger partial charge in [-0.1, -0.05) is 17.7 Å². The second-order valence-corrected chi connectivity index (χ2v) is 6.91. The molecular weight excluding hydrogens is 356 g/mol. The van der Waals surface area contributed by atoms with Gasteiger partial charge in [-0.2, -0.15) is 0 Å². The minimum absolute atomic E-state index is 0.322. The number of esters is 1. The molecule has 0 unspecified atom stereocenters. The molecule has 4 nitrogen and oxygen atoms in total. The van der Waals surface area contributed by atoms with Crippen molar-refractivity contribution in [2.24, 2.45) is 0 Å². The van der Waals surface area contributed by atoms with Crippen LogP contribution in [-0.4, -0.2) is 28.4 Å². The molecule has 3 rings (SSSR count). The summed E-state index contributed by atoms with van der Waals surface area (Å²) in [5.41, 5.74) is 3.29. The number of ether oxygens (including phenoxy) is 1. The van der Waals surface area contributed by atoms with E-state index in [4.69, 9.17) is 16.3 Å². The van der Waals surface area contributed by atoms with Crippen molar-refractivity contribution in [1.29, 1.82) is 0 Å². The topological polar surface area (TPSA) is 44.1 Å². The number of hydrogen-bond acceptors (Lipinski definition) is 4.